The maximum Gasteiger partial charge on any atom is 0.206 e. The Morgan fingerprint density at radius 1 is 1.11 bits per heavy atom. The molecule has 4 rings (SSSR count). The maximum atomic E-state index is 12.8. The van der Waals surface area contributed by atoms with E-state index in [2.05, 4.69) is 24.3 Å². The second kappa shape index (κ2) is 16.6. The van der Waals surface area contributed by atoms with Crippen molar-refractivity contribution >= 4 is 28.6 Å². The first kappa shape index (κ1) is 32.0. The van der Waals surface area contributed by atoms with Gasteiger partial charge in [-0.3, -0.25) is 4.79 Å². The van der Waals surface area contributed by atoms with Gasteiger partial charge in [-0.15, -0.1) is 11.8 Å². The van der Waals surface area contributed by atoms with Crippen molar-refractivity contribution in [2.24, 2.45) is 0 Å². The third kappa shape index (κ3) is 7.65. The van der Waals surface area contributed by atoms with Gasteiger partial charge in [-0.2, -0.15) is 5.10 Å². The van der Waals surface area contributed by atoms with Gasteiger partial charge in [0.05, 0.1) is 17.6 Å². The molecule has 212 valence electrons. The quantitative estimate of drug-likeness (QED) is 0.151. The number of aromatic nitrogens is 5. The number of ketones is 1. The third-order valence-corrected chi connectivity index (χ3v) is 7.21. The van der Waals surface area contributed by atoms with E-state index < -0.39 is 0 Å². The lowest BCUT2D eigenvalue weighted by Gasteiger charge is -2.23. The molecule has 1 atom stereocenters. The summed E-state index contributed by atoms with van der Waals surface area (Å²) >= 11 is 1.58. The van der Waals surface area contributed by atoms with E-state index in [9.17, 15) is 4.79 Å². The molecule has 0 aliphatic carbocycles. The SMILES string of the molecule is CC.CC.CCCCC(=O)c1onc(-c2nc(SC)c3c(C)nn(CC4CCCCN4)c3n2)c1CCCC. The summed E-state index contributed by atoms with van der Waals surface area (Å²) in [4.78, 5) is 22.7. The Balaban J connectivity index is 0.00000121. The van der Waals surface area contributed by atoms with Gasteiger partial charge in [-0.1, -0.05) is 66.0 Å². The minimum atomic E-state index is 0.0159. The number of carbonyl (C=O) groups excluding carboxylic acids is 1. The Labute approximate surface area is 233 Å². The Morgan fingerprint density at radius 2 is 1.84 bits per heavy atom. The van der Waals surface area contributed by atoms with Crippen LogP contribution in [0.15, 0.2) is 9.55 Å². The van der Waals surface area contributed by atoms with Crippen LogP contribution in [0, 0.1) is 6.92 Å². The molecule has 0 saturated carbocycles. The standard InChI is InChI=1S/C25H36N6O2S.2C2H6/c1-5-7-12-18-21(30-33-22(18)19(32)13-8-6-2)23-27-24-20(25(28-23)34-4)16(3)29-31(24)15-17-11-9-10-14-26-17;2*1-2/h17,26H,5-15H2,1-4H3;2*1-2H3. The second-order valence-corrected chi connectivity index (χ2v) is 9.93. The molecular formula is C29H48N6O2S. The van der Waals surface area contributed by atoms with Crippen molar-refractivity contribution in [3.63, 3.8) is 0 Å². The molecule has 8 nitrogen and oxygen atoms in total. The fraction of sp³-hybridized carbons (Fsp3) is 0.690. The van der Waals surface area contributed by atoms with Gasteiger partial charge in [0.25, 0.3) is 0 Å². The van der Waals surface area contributed by atoms with Gasteiger partial charge in [-0.05, 0) is 51.8 Å². The van der Waals surface area contributed by atoms with Crippen molar-refractivity contribution in [2.45, 2.75) is 124 Å². The number of carbonyl (C=O) groups is 1. The number of thioether (sulfide) groups is 1. The largest absolute Gasteiger partial charge is 0.352 e. The van der Waals surface area contributed by atoms with Gasteiger partial charge in [0.1, 0.15) is 5.03 Å². The highest BCUT2D eigenvalue weighted by Gasteiger charge is 2.26. The average molecular weight is 545 g/mol. The van der Waals surface area contributed by atoms with Crippen molar-refractivity contribution in [1.29, 1.82) is 0 Å². The molecule has 3 aromatic heterocycles. The van der Waals surface area contributed by atoms with Crippen LogP contribution < -0.4 is 5.32 Å². The van der Waals surface area contributed by atoms with Crippen LogP contribution in [-0.4, -0.2) is 49.5 Å². The van der Waals surface area contributed by atoms with E-state index in [-0.39, 0.29) is 5.78 Å². The van der Waals surface area contributed by atoms with Crippen molar-refractivity contribution in [3.05, 3.63) is 17.0 Å². The molecule has 1 aliphatic rings. The van der Waals surface area contributed by atoms with Crippen molar-refractivity contribution < 1.29 is 9.32 Å². The first-order valence-electron chi connectivity index (χ1n) is 14.6. The lowest BCUT2D eigenvalue weighted by atomic mass is 10.0. The van der Waals surface area contributed by atoms with Crippen LogP contribution in [0.5, 0.6) is 0 Å². The molecule has 4 heterocycles. The van der Waals surface area contributed by atoms with Crippen molar-refractivity contribution in [3.8, 4) is 11.5 Å². The number of hydrogen-bond acceptors (Lipinski definition) is 8. The normalized spacial score (nSPS) is 15.0. The Morgan fingerprint density at radius 3 is 2.47 bits per heavy atom. The number of Topliss-reactive ketones (excluding diaryl/α,β-unsaturated/α-hetero) is 1. The highest BCUT2D eigenvalue weighted by Crippen LogP contribution is 2.32. The highest BCUT2D eigenvalue weighted by molar-refractivity contribution is 7.98. The van der Waals surface area contributed by atoms with Crippen molar-refractivity contribution in [2.75, 3.05) is 12.8 Å². The first-order chi connectivity index (χ1) is 18.6. The molecule has 0 aromatic carbocycles. The van der Waals surface area contributed by atoms with Crippen LogP contribution in [0.2, 0.25) is 0 Å². The summed E-state index contributed by atoms with van der Waals surface area (Å²) in [6, 6.07) is 0.391. The number of unbranched alkanes of at least 4 members (excludes halogenated alkanes) is 2. The molecule has 0 spiro atoms. The topological polar surface area (TPSA) is 98.7 Å². The minimum absolute atomic E-state index is 0.0159. The zero-order valence-corrected chi connectivity index (χ0v) is 25.6. The molecule has 38 heavy (non-hydrogen) atoms. The smallest absolute Gasteiger partial charge is 0.206 e. The van der Waals surface area contributed by atoms with Gasteiger partial charge < -0.3 is 9.84 Å². The zero-order valence-electron chi connectivity index (χ0n) is 24.8. The number of nitrogens with one attached hydrogen (secondary N) is 1. The Bertz CT molecular complexity index is 1130. The van der Waals surface area contributed by atoms with Crippen LogP contribution in [0.1, 0.15) is 115 Å². The Hall–Kier alpha value is -2.26. The summed E-state index contributed by atoms with van der Waals surface area (Å²) in [5.41, 5.74) is 3.18. The second-order valence-electron chi connectivity index (χ2n) is 9.14. The third-order valence-electron chi connectivity index (χ3n) is 6.52. The lowest BCUT2D eigenvalue weighted by molar-refractivity contribution is 0.0942. The summed E-state index contributed by atoms with van der Waals surface area (Å²) in [5.74, 6) is 0.906. The number of rotatable bonds is 11. The molecular weight excluding hydrogens is 496 g/mol. The molecule has 3 aromatic rings. The average Bonchev–Trinajstić information content (AvgIpc) is 3.53. The van der Waals surface area contributed by atoms with Gasteiger partial charge in [0.15, 0.2) is 17.2 Å². The fourth-order valence-electron chi connectivity index (χ4n) is 4.62. The van der Waals surface area contributed by atoms with Crippen LogP contribution >= 0.6 is 11.8 Å². The first-order valence-corrected chi connectivity index (χ1v) is 15.8. The molecule has 1 unspecified atom stereocenters. The molecule has 0 bridgehead atoms. The van der Waals surface area contributed by atoms with Crippen LogP contribution in [0.25, 0.3) is 22.6 Å². The van der Waals surface area contributed by atoms with E-state index in [1.54, 1.807) is 11.8 Å². The predicted octanol–water partition coefficient (Wildman–Crippen LogP) is 7.42. The van der Waals surface area contributed by atoms with E-state index in [0.29, 0.717) is 29.7 Å². The molecule has 1 aliphatic heterocycles. The van der Waals surface area contributed by atoms with E-state index in [1.165, 1.54) is 12.8 Å². The number of fused-ring (bicyclic) bond motifs is 1. The van der Waals surface area contributed by atoms with Gasteiger partial charge in [0.2, 0.25) is 11.5 Å². The lowest BCUT2D eigenvalue weighted by Crippen LogP contribution is -2.37. The predicted molar refractivity (Wildman–Crippen MR) is 158 cm³/mol. The number of piperidine rings is 1. The maximum absolute atomic E-state index is 12.8. The van der Waals surface area contributed by atoms with Crippen LogP contribution in [0.3, 0.4) is 0 Å². The van der Waals surface area contributed by atoms with Crippen LogP contribution in [0.4, 0.5) is 0 Å². The van der Waals surface area contributed by atoms with Gasteiger partial charge in [-0.25, -0.2) is 14.6 Å². The monoisotopic (exact) mass is 544 g/mol. The summed E-state index contributed by atoms with van der Waals surface area (Å²) in [6.07, 6.45) is 10.6. The summed E-state index contributed by atoms with van der Waals surface area (Å²) in [7, 11) is 0. The van der Waals surface area contributed by atoms with Crippen LogP contribution in [-0.2, 0) is 13.0 Å². The zero-order chi connectivity index (χ0) is 28.1. The molecule has 9 heteroatoms. The van der Waals surface area contributed by atoms with E-state index in [0.717, 1.165) is 78.9 Å². The summed E-state index contributed by atoms with van der Waals surface area (Å²) in [5, 5.41) is 14.6. The Kier molecular flexibility index (Phi) is 14.0. The number of nitrogens with zero attached hydrogens (tertiary/aromatic N) is 5. The number of hydrogen-bond donors (Lipinski definition) is 1. The van der Waals surface area contributed by atoms with E-state index >= 15 is 0 Å². The van der Waals surface area contributed by atoms with Gasteiger partial charge in [0, 0.05) is 18.0 Å². The molecule has 0 radical (unpaired) electrons. The molecule has 1 saturated heterocycles. The molecule has 1 fully saturated rings. The van der Waals surface area contributed by atoms with Gasteiger partial charge >= 0.3 is 0 Å². The highest BCUT2D eigenvalue weighted by atomic mass is 32.2. The van der Waals surface area contributed by atoms with Crippen molar-refractivity contribution in [1.82, 2.24) is 30.2 Å². The minimum Gasteiger partial charge on any atom is -0.352 e. The summed E-state index contributed by atoms with van der Waals surface area (Å²) < 4.78 is 7.64. The summed E-state index contributed by atoms with van der Waals surface area (Å²) in [6.45, 7) is 16.1. The molecule has 1 N–H and O–H groups in total. The molecule has 0 amide bonds. The fourth-order valence-corrected chi connectivity index (χ4v) is 5.24. The van der Waals surface area contributed by atoms with E-state index in [4.69, 9.17) is 19.6 Å². The number of aryl methyl sites for hydroxylation is 1. The van der Waals surface area contributed by atoms with E-state index in [1.807, 2.05) is 45.6 Å².